The molecule has 12 heteroatoms. The van der Waals surface area contributed by atoms with Crippen LogP contribution in [0, 0.1) is 11.8 Å². The molecule has 0 aliphatic carbocycles. The van der Waals surface area contributed by atoms with E-state index in [-0.39, 0.29) is 19.4 Å². The molecule has 5 N–H and O–H groups in total. The van der Waals surface area contributed by atoms with Crippen molar-refractivity contribution in [2.24, 2.45) is 17.6 Å². The van der Waals surface area contributed by atoms with Gasteiger partial charge in [0.05, 0.1) is 12.3 Å². The standard InChI is InChI=1S/C32H43N3O9/c1-18(2)29(37)43-25-15-28(36)34-24-13-22(12-23(14-24)17-42-30(33)38)10-19(3)8-7-9-27(41-6)32(40)16-26(44-31(39)35-32)21(5)11-20(25)4/h7-9,11-14,18,21,25-27,40H,10,15-17H2,1-6H3,(H2,33,38)(H,34,36)(H,35,39)/b9-7+,19-8+,20-11+/t21-,25-,26-,27+,32-/m0/s1. The van der Waals surface area contributed by atoms with Crippen LogP contribution in [0.15, 0.2) is 53.6 Å². The van der Waals surface area contributed by atoms with Gasteiger partial charge in [-0.3, -0.25) is 14.9 Å². The molecule has 2 aliphatic rings. The van der Waals surface area contributed by atoms with Crippen LogP contribution < -0.4 is 16.4 Å². The fourth-order valence-electron chi connectivity index (χ4n) is 5.11. The molecular formula is C32H43N3O9. The third-order valence-corrected chi connectivity index (χ3v) is 7.40. The molecule has 0 spiro atoms. The van der Waals surface area contributed by atoms with Crippen molar-refractivity contribution in [2.75, 3.05) is 12.4 Å². The number of primary amides is 1. The van der Waals surface area contributed by atoms with Crippen LogP contribution in [0.2, 0.25) is 0 Å². The Hall–Kier alpha value is -4.16. The van der Waals surface area contributed by atoms with Crippen LogP contribution in [0.3, 0.4) is 0 Å². The molecule has 2 aliphatic heterocycles. The van der Waals surface area contributed by atoms with E-state index in [4.69, 9.17) is 24.7 Å². The highest BCUT2D eigenvalue weighted by atomic mass is 16.6. The normalized spacial score (nSPS) is 29.5. The number of amides is 3. The highest BCUT2D eigenvalue weighted by molar-refractivity contribution is 5.91. The van der Waals surface area contributed by atoms with Crippen LogP contribution >= 0.6 is 0 Å². The summed E-state index contributed by atoms with van der Waals surface area (Å²) < 4.78 is 21.8. The molecule has 240 valence electrons. The number of ether oxygens (including phenoxy) is 4. The maximum Gasteiger partial charge on any atom is 0.409 e. The Balaban J connectivity index is 2.08. The number of anilines is 1. The molecule has 0 aromatic heterocycles. The molecule has 12 nitrogen and oxygen atoms in total. The molecule has 0 radical (unpaired) electrons. The minimum absolute atomic E-state index is 0.00809. The number of esters is 1. The van der Waals surface area contributed by atoms with Gasteiger partial charge in [-0.05, 0) is 49.1 Å². The number of nitrogens with two attached hydrogens (primary N) is 1. The number of alkyl carbamates (subject to hydrolysis) is 1. The van der Waals surface area contributed by atoms with Crippen molar-refractivity contribution in [1.82, 2.24) is 5.32 Å². The molecule has 2 heterocycles. The van der Waals surface area contributed by atoms with Gasteiger partial charge in [-0.1, -0.05) is 56.7 Å². The van der Waals surface area contributed by atoms with E-state index >= 15 is 0 Å². The van der Waals surface area contributed by atoms with E-state index in [9.17, 15) is 24.3 Å². The van der Waals surface area contributed by atoms with Crippen molar-refractivity contribution in [3.63, 3.8) is 0 Å². The highest BCUT2D eigenvalue weighted by Gasteiger charge is 2.46. The van der Waals surface area contributed by atoms with Gasteiger partial charge in [0.25, 0.3) is 0 Å². The van der Waals surface area contributed by atoms with E-state index in [1.807, 2.05) is 26.0 Å². The quantitative estimate of drug-likeness (QED) is 0.217. The number of carbonyl (C=O) groups excluding carboxylic acids is 4. The Bertz CT molecular complexity index is 1340. The van der Waals surface area contributed by atoms with Gasteiger partial charge in [0.15, 0.2) is 5.72 Å². The van der Waals surface area contributed by atoms with Crippen LogP contribution in [-0.2, 0) is 41.6 Å². The molecule has 5 atom stereocenters. The summed E-state index contributed by atoms with van der Waals surface area (Å²) in [4.78, 5) is 49.7. The largest absolute Gasteiger partial charge is 0.457 e. The van der Waals surface area contributed by atoms with Gasteiger partial charge in [-0.25, -0.2) is 9.59 Å². The fourth-order valence-corrected chi connectivity index (χ4v) is 5.11. The second-order valence-electron chi connectivity index (χ2n) is 11.7. The molecule has 1 aromatic rings. The Morgan fingerprint density at radius 2 is 1.93 bits per heavy atom. The molecule has 4 bridgehead atoms. The number of hydrogen-bond acceptors (Lipinski definition) is 9. The number of aliphatic hydroxyl groups is 1. The van der Waals surface area contributed by atoms with Crippen LogP contribution in [0.1, 0.15) is 58.6 Å². The lowest BCUT2D eigenvalue weighted by atomic mass is 9.89. The van der Waals surface area contributed by atoms with Gasteiger partial charge in [0.1, 0.15) is 24.9 Å². The average Bonchev–Trinajstić information content (AvgIpc) is 2.92. The highest BCUT2D eigenvalue weighted by Crippen LogP contribution is 2.30. The Morgan fingerprint density at radius 3 is 2.59 bits per heavy atom. The minimum atomic E-state index is -1.76. The number of benzene rings is 1. The van der Waals surface area contributed by atoms with Crippen molar-refractivity contribution < 1.29 is 43.2 Å². The van der Waals surface area contributed by atoms with E-state index < -0.39 is 59.9 Å². The van der Waals surface area contributed by atoms with Gasteiger partial charge in [0.2, 0.25) is 5.91 Å². The zero-order chi connectivity index (χ0) is 32.6. The first-order chi connectivity index (χ1) is 20.7. The molecule has 1 saturated heterocycles. The maximum atomic E-state index is 13.3. The van der Waals surface area contributed by atoms with Gasteiger partial charge < -0.3 is 35.1 Å². The van der Waals surface area contributed by atoms with E-state index in [0.717, 1.165) is 11.1 Å². The van der Waals surface area contributed by atoms with Crippen molar-refractivity contribution in [2.45, 2.75) is 84.5 Å². The van der Waals surface area contributed by atoms with E-state index in [0.29, 0.717) is 23.2 Å². The van der Waals surface area contributed by atoms with Gasteiger partial charge in [-0.15, -0.1) is 0 Å². The summed E-state index contributed by atoms with van der Waals surface area (Å²) in [6.45, 7) is 8.75. The predicted octanol–water partition coefficient (Wildman–Crippen LogP) is 4.02. The van der Waals surface area contributed by atoms with Crippen LogP contribution in [0.25, 0.3) is 0 Å². The number of hydrogen-bond donors (Lipinski definition) is 4. The number of rotatable bonds is 5. The molecule has 3 amide bonds. The first-order valence-electron chi connectivity index (χ1n) is 14.5. The summed E-state index contributed by atoms with van der Waals surface area (Å²) in [7, 11) is 1.43. The number of carbonyl (C=O) groups is 4. The SMILES string of the molecule is CO[C@@H]1/C=C/C=C(\C)Cc2cc(COC(N)=O)cc(c2)NC(=O)C[C@H](OC(=O)C(C)C)/C(C)=C/[C@H](C)[C@@H]2C[C@@]1(O)NC(=O)O2. The summed E-state index contributed by atoms with van der Waals surface area (Å²) in [5, 5.41) is 16.9. The lowest BCUT2D eigenvalue weighted by molar-refractivity contribution is -0.151. The number of allylic oxidation sites excluding steroid dienone is 3. The van der Waals surface area contributed by atoms with Crippen LogP contribution in [-0.4, -0.2) is 60.3 Å². The van der Waals surface area contributed by atoms with E-state index in [2.05, 4.69) is 10.6 Å². The molecule has 1 fully saturated rings. The van der Waals surface area contributed by atoms with Gasteiger partial charge in [-0.2, -0.15) is 0 Å². The van der Waals surface area contributed by atoms with E-state index in [1.54, 1.807) is 51.1 Å². The molecular weight excluding hydrogens is 570 g/mol. The predicted molar refractivity (Wildman–Crippen MR) is 162 cm³/mol. The molecule has 0 saturated carbocycles. The maximum absolute atomic E-state index is 13.3. The molecule has 0 unspecified atom stereocenters. The summed E-state index contributed by atoms with van der Waals surface area (Å²) in [5.74, 6) is -1.75. The van der Waals surface area contributed by atoms with E-state index in [1.165, 1.54) is 7.11 Å². The monoisotopic (exact) mass is 613 g/mol. The lowest BCUT2D eigenvalue weighted by Gasteiger charge is -2.41. The Kier molecular flexibility index (Phi) is 11.7. The van der Waals surface area contributed by atoms with Crippen molar-refractivity contribution >= 4 is 29.8 Å². The summed E-state index contributed by atoms with van der Waals surface area (Å²) in [5.41, 5.74) is 6.79. The third-order valence-electron chi connectivity index (χ3n) is 7.40. The molecule has 1 aromatic carbocycles. The number of methoxy groups -OCH3 is 1. The molecule has 3 rings (SSSR count). The van der Waals surface area contributed by atoms with Gasteiger partial charge >= 0.3 is 18.2 Å². The van der Waals surface area contributed by atoms with Crippen LogP contribution in [0.4, 0.5) is 15.3 Å². The first kappa shape index (κ1) is 34.3. The van der Waals surface area contributed by atoms with Gasteiger partial charge in [0, 0.05) is 25.1 Å². The Morgan fingerprint density at radius 1 is 1.20 bits per heavy atom. The Labute approximate surface area is 257 Å². The second-order valence-corrected chi connectivity index (χ2v) is 11.7. The summed E-state index contributed by atoms with van der Waals surface area (Å²) in [6.07, 6.45) is 3.01. The fraction of sp³-hybridized carbons (Fsp3) is 0.500. The third kappa shape index (κ3) is 9.68. The zero-order valence-corrected chi connectivity index (χ0v) is 26.0. The average molecular weight is 614 g/mol. The topological polar surface area (TPSA) is 176 Å². The smallest absolute Gasteiger partial charge is 0.409 e. The first-order valence-corrected chi connectivity index (χ1v) is 14.5. The second kappa shape index (κ2) is 15.0. The zero-order valence-electron chi connectivity index (χ0n) is 26.0. The summed E-state index contributed by atoms with van der Waals surface area (Å²) in [6, 6.07) is 5.32. The van der Waals surface area contributed by atoms with Crippen molar-refractivity contribution in [1.29, 1.82) is 0 Å². The summed E-state index contributed by atoms with van der Waals surface area (Å²) >= 11 is 0. The number of nitrogens with one attached hydrogen (secondary N) is 2. The number of fused-ring (bicyclic) bond motifs is 4. The van der Waals surface area contributed by atoms with Crippen molar-refractivity contribution in [3.05, 3.63) is 64.8 Å². The van der Waals surface area contributed by atoms with Crippen molar-refractivity contribution in [3.8, 4) is 0 Å². The molecule has 44 heavy (non-hydrogen) atoms. The van der Waals surface area contributed by atoms with Crippen LogP contribution in [0.5, 0.6) is 0 Å². The lowest BCUT2D eigenvalue weighted by Crippen LogP contribution is -2.63. The minimum Gasteiger partial charge on any atom is -0.457 e.